The van der Waals surface area contributed by atoms with Crippen LogP contribution in [0.25, 0.3) is 0 Å². The lowest BCUT2D eigenvalue weighted by Crippen LogP contribution is -2.69. The van der Waals surface area contributed by atoms with Crippen LogP contribution in [0.5, 0.6) is 0 Å². The second-order valence-corrected chi connectivity index (χ2v) is 14.8. The van der Waals surface area contributed by atoms with Crippen molar-refractivity contribution in [3.8, 4) is 0 Å². The molecule has 0 aromatic carbocycles. The Labute approximate surface area is 221 Å². The molecule has 9 atom stereocenters. The van der Waals surface area contributed by atoms with Gasteiger partial charge < -0.3 is 30.6 Å². The number of aliphatic hydroxyl groups excluding tert-OH is 3. The molecule has 0 radical (unpaired) electrons. The van der Waals surface area contributed by atoms with Crippen LogP contribution >= 0.6 is 0 Å². The van der Waals surface area contributed by atoms with Crippen LogP contribution in [-0.2, 0) is 4.79 Å². The molecule has 0 bridgehead atoms. The number of allylic oxidation sites excluding steroid dienone is 1. The van der Waals surface area contributed by atoms with E-state index in [9.17, 15) is 35.4 Å². The highest BCUT2D eigenvalue weighted by molar-refractivity contribution is 5.76. The van der Waals surface area contributed by atoms with Crippen molar-refractivity contribution in [2.75, 3.05) is 19.8 Å². The molecular weight excluding hydrogens is 472 g/mol. The average Bonchev–Trinajstić information content (AvgIpc) is 2.86. The Bertz CT molecular complexity index is 992. The molecule has 37 heavy (non-hydrogen) atoms. The van der Waals surface area contributed by atoms with Gasteiger partial charge in [-0.2, -0.15) is 0 Å². The van der Waals surface area contributed by atoms with E-state index in [1.54, 1.807) is 0 Å². The molecule has 0 heterocycles. The van der Waals surface area contributed by atoms with Gasteiger partial charge in [-0.15, -0.1) is 0 Å². The molecule has 5 rings (SSSR count). The lowest BCUT2D eigenvalue weighted by Gasteiger charge is -2.72. The standard InChI is InChI=1S/C30H48O7/c1-24(16-31)9-11-28(23(34)35)12-13-29(18-33)19(20(28)15-24)5-6-21-25(2)10-14-30(36,37)27(4,17-32)22(25)7-8-26(21,29)3/h5,20-22,31-33,36-37H,6-18H2,1-4H3,(H,34,35)/t20-,21+,22+,24?,25+,26+,27?,28-,29-/m0/s1. The molecule has 2 unspecified atom stereocenters. The Morgan fingerprint density at radius 2 is 1.54 bits per heavy atom. The fourth-order valence-corrected chi connectivity index (χ4v) is 10.8. The van der Waals surface area contributed by atoms with Crippen molar-refractivity contribution < 1.29 is 35.4 Å². The third-order valence-electron chi connectivity index (χ3n) is 13.5. The van der Waals surface area contributed by atoms with Gasteiger partial charge in [-0.1, -0.05) is 39.3 Å². The number of fused-ring (bicyclic) bond motifs is 7. The fourth-order valence-electron chi connectivity index (χ4n) is 10.8. The molecule has 0 aliphatic heterocycles. The largest absolute Gasteiger partial charge is 0.481 e. The van der Waals surface area contributed by atoms with Gasteiger partial charge in [0.25, 0.3) is 0 Å². The molecular formula is C30H48O7. The summed E-state index contributed by atoms with van der Waals surface area (Å²) in [6.45, 7) is 8.11. The molecule has 7 heteroatoms. The van der Waals surface area contributed by atoms with E-state index >= 15 is 0 Å². The maximum absolute atomic E-state index is 12.8. The summed E-state index contributed by atoms with van der Waals surface area (Å²) in [6, 6.07) is 0. The van der Waals surface area contributed by atoms with E-state index in [0.717, 1.165) is 24.8 Å². The van der Waals surface area contributed by atoms with E-state index in [1.807, 2.05) is 6.92 Å². The minimum absolute atomic E-state index is 0.0298. The van der Waals surface area contributed by atoms with Gasteiger partial charge in [-0.05, 0) is 91.8 Å². The van der Waals surface area contributed by atoms with E-state index < -0.39 is 28.0 Å². The topological polar surface area (TPSA) is 138 Å². The molecule has 7 nitrogen and oxygen atoms in total. The number of carboxylic acid groups (broad SMARTS) is 1. The first-order valence-electron chi connectivity index (χ1n) is 14.4. The van der Waals surface area contributed by atoms with Crippen molar-refractivity contribution in [3.05, 3.63) is 11.6 Å². The Kier molecular flexibility index (Phi) is 6.16. The second kappa shape index (κ2) is 8.26. The van der Waals surface area contributed by atoms with Gasteiger partial charge in [-0.3, -0.25) is 4.79 Å². The smallest absolute Gasteiger partial charge is 0.310 e. The van der Waals surface area contributed by atoms with Crippen LogP contribution < -0.4 is 0 Å². The zero-order chi connectivity index (χ0) is 27.3. The monoisotopic (exact) mass is 520 g/mol. The number of aliphatic carboxylic acids is 1. The molecule has 5 aliphatic carbocycles. The number of hydrogen-bond acceptors (Lipinski definition) is 6. The van der Waals surface area contributed by atoms with Crippen LogP contribution in [-0.4, -0.2) is 62.2 Å². The Balaban J connectivity index is 1.63. The number of hydrogen-bond donors (Lipinski definition) is 6. The normalized spacial score (nSPS) is 52.7. The SMILES string of the molecule is CC1(CO)CC[C@]2(C(=O)O)CC[C@]3(CO)C(=CC[C@@H]4[C@@]5(C)CCC(O)(O)C(C)(CO)[C@@H]5CC[C@]43C)[C@@H]2C1. The minimum atomic E-state index is -1.92. The molecule has 0 aromatic heterocycles. The summed E-state index contributed by atoms with van der Waals surface area (Å²) in [5.74, 6) is -2.79. The van der Waals surface area contributed by atoms with Crippen LogP contribution in [0.4, 0.5) is 0 Å². The molecule has 0 amide bonds. The number of aliphatic hydroxyl groups is 5. The van der Waals surface area contributed by atoms with Crippen molar-refractivity contribution in [3.63, 3.8) is 0 Å². The van der Waals surface area contributed by atoms with Gasteiger partial charge >= 0.3 is 5.97 Å². The van der Waals surface area contributed by atoms with Crippen LogP contribution in [0.1, 0.15) is 91.9 Å². The number of carboxylic acids is 1. The number of carbonyl (C=O) groups is 1. The molecule has 0 aromatic rings. The predicted molar refractivity (Wildman–Crippen MR) is 138 cm³/mol. The second-order valence-electron chi connectivity index (χ2n) is 14.8. The van der Waals surface area contributed by atoms with Crippen LogP contribution in [0, 0.1) is 50.2 Å². The Morgan fingerprint density at radius 3 is 2.14 bits per heavy atom. The highest BCUT2D eigenvalue weighted by Gasteiger charge is 2.72. The Hall–Kier alpha value is -0.990. The maximum atomic E-state index is 12.8. The maximum Gasteiger partial charge on any atom is 0.310 e. The van der Waals surface area contributed by atoms with Gasteiger partial charge in [0.2, 0.25) is 0 Å². The number of rotatable bonds is 4. The quantitative estimate of drug-likeness (QED) is 0.246. The first kappa shape index (κ1) is 27.6. The van der Waals surface area contributed by atoms with Gasteiger partial charge in [0.15, 0.2) is 5.79 Å². The summed E-state index contributed by atoms with van der Waals surface area (Å²) in [6.07, 6.45) is 8.36. The third kappa shape index (κ3) is 3.21. The summed E-state index contributed by atoms with van der Waals surface area (Å²) < 4.78 is 0. The lowest BCUT2D eigenvalue weighted by atomic mass is 9.33. The van der Waals surface area contributed by atoms with E-state index in [1.165, 1.54) is 0 Å². The van der Waals surface area contributed by atoms with Gasteiger partial charge in [0.1, 0.15) is 0 Å². The summed E-state index contributed by atoms with van der Waals surface area (Å²) >= 11 is 0. The molecule has 5 aliphatic rings. The molecule has 210 valence electrons. The van der Waals surface area contributed by atoms with E-state index in [0.29, 0.717) is 38.5 Å². The van der Waals surface area contributed by atoms with E-state index in [-0.39, 0.29) is 60.2 Å². The summed E-state index contributed by atoms with van der Waals surface area (Å²) in [5, 5.41) is 64.3. The summed E-state index contributed by atoms with van der Waals surface area (Å²) in [4.78, 5) is 12.8. The van der Waals surface area contributed by atoms with Crippen LogP contribution in [0.3, 0.4) is 0 Å². The fraction of sp³-hybridized carbons (Fsp3) is 0.900. The van der Waals surface area contributed by atoms with Crippen molar-refractivity contribution in [2.24, 2.45) is 50.2 Å². The third-order valence-corrected chi connectivity index (χ3v) is 13.5. The van der Waals surface area contributed by atoms with Crippen LogP contribution in [0.15, 0.2) is 11.6 Å². The molecule has 0 spiro atoms. The van der Waals surface area contributed by atoms with Crippen molar-refractivity contribution >= 4 is 5.97 Å². The Morgan fingerprint density at radius 1 is 0.865 bits per heavy atom. The highest BCUT2D eigenvalue weighted by atomic mass is 16.5. The molecule has 0 saturated heterocycles. The first-order valence-corrected chi connectivity index (χ1v) is 14.4. The molecule has 4 fully saturated rings. The van der Waals surface area contributed by atoms with Crippen molar-refractivity contribution in [1.82, 2.24) is 0 Å². The molecule has 4 saturated carbocycles. The predicted octanol–water partition coefficient (Wildman–Crippen LogP) is 3.47. The van der Waals surface area contributed by atoms with Gasteiger partial charge in [-0.25, -0.2) is 0 Å². The molecule has 6 N–H and O–H groups in total. The summed E-state index contributed by atoms with van der Waals surface area (Å²) in [7, 11) is 0. The van der Waals surface area contributed by atoms with Gasteiger partial charge in [0, 0.05) is 23.9 Å². The van der Waals surface area contributed by atoms with Crippen LogP contribution in [0.2, 0.25) is 0 Å². The summed E-state index contributed by atoms with van der Waals surface area (Å²) in [5.41, 5.74) is -2.19. The highest BCUT2D eigenvalue weighted by Crippen LogP contribution is 2.76. The zero-order valence-corrected chi connectivity index (χ0v) is 23.1. The average molecular weight is 521 g/mol. The zero-order valence-electron chi connectivity index (χ0n) is 23.1. The van der Waals surface area contributed by atoms with Gasteiger partial charge in [0.05, 0.1) is 18.6 Å². The lowest BCUT2D eigenvalue weighted by molar-refractivity contribution is -0.325. The first-order chi connectivity index (χ1) is 17.2. The van der Waals surface area contributed by atoms with Crippen molar-refractivity contribution in [1.29, 1.82) is 0 Å². The minimum Gasteiger partial charge on any atom is -0.481 e. The van der Waals surface area contributed by atoms with E-state index in [2.05, 4.69) is 26.8 Å². The van der Waals surface area contributed by atoms with Crippen molar-refractivity contribution in [2.45, 2.75) is 97.7 Å². The van der Waals surface area contributed by atoms with E-state index in [4.69, 9.17) is 0 Å².